The van der Waals surface area contributed by atoms with Crippen LogP contribution in [0.4, 0.5) is 0 Å². The summed E-state index contributed by atoms with van der Waals surface area (Å²) in [4.78, 5) is 0.188. The lowest BCUT2D eigenvalue weighted by molar-refractivity contribution is 0.00749. The van der Waals surface area contributed by atoms with Crippen molar-refractivity contribution >= 4 is 10.0 Å². The molecule has 0 aliphatic carbocycles. The number of sulfonamides is 1. The third-order valence-electron chi connectivity index (χ3n) is 3.67. The number of nitrogens with zero attached hydrogens (tertiary/aromatic N) is 2. The molecule has 120 valence electrons. The van der Waals surface area contributed by atoms with E-state index in [1.807, 2.05) is 6.07 Å². The largest absolute Gasteiger partial charge is 0.378 e. The minimum absolute atomic E-state index is 0.138. The van der Waals surface area contributed by atoms with E-state index in [2.05, 4.69) is 13.8 Å². The van der Waals surface area contributed by atoms with Crippen LogP contribution in [0.3, 0.4) is 0 Å². The fourth-order valence-corrected chi connectivity index (χ4v) is 3.96. The first-order chi connectivity index (χ1) is 10.4. The van der Waals surface area contributed by atoms with Crippen molar-refractivity contribution in [3.8, 4) is 6.07 Å². The number of piperidine rings is 1. The van der Waals surface area contributed by atoms with E-state index in [4.69, 9.17) is 10.00 Å². The van der Waals surface area contributed by atoms with Gasteiger partial charge in [0, 0.05) is 19.7 Å². The predicted molar refractivity (Wildman–Crippen MR) is 83.7 cm³/mol. The first-order valence-corrected chi connectivity index (χ1v) is 8.99. The molecule has 0 aromatic heterocycles. The third-order valence-corrected chi connectivity index (χ3v) is 5.56. The van der Waals surface area contributed by atoms with Crippen molar-refractivity contribution in [2.45, 2.75) is 37.7 Å². The Morgan fingerprint density at radius 1 is 1.36 bits per heavy atom. The lowest BCUT2D eigenvalue weighted by atomic mass is 10.1. The summed E-state index contributed by atoms with van der Waals surface area (Å²) in [5.41, 5.74) is 0.358. The van der Waals surface area contributed by atoms with Crippen molar-refractivity contribution in [1.29, 1.82) is 5.26 Å². The molecule has 6 heteroatoms. The zero-order valence-corrected chi connectivity index (χ0v) is 13.8. The Kier molecular flexibility index (Phi) is 5.57. The normalized spacial score (nSPS) is 17.5. The molecule has 0 bridgehead atoms. The van der Waals surface area contributed by atoms with Gasteiger partial charge in [-0.3, -0.25) is 0 Å². The Morgan fingerprint density at radius 3 is 2.64 bits per heavy atom. The van der Waals surface area contributed by atoms with Gasteiger partial charge in [-0.1, -0.05) is 19.9 Å². The smallest absolute Gasteiger partial charge is 0.243 e. The summed E-state index contributed by atoms with van der Waals surface area (Å²) in [7, 11) is -3.52. The van der Waals surface area contributed by atoms with E-state index in [1.165, 1.54) is 16.4 Å². The van der Waals surface area contributed by atoms with Gasteiger partial charge in [0.1, 0.15) is 0 Å². The zero-order valence-electron chi connectivity index (χ0n) is 13.0. The Morgan fingerprint density at radius 2 is 2.05 bits per heavy atom. The van der Waals surface area contributed by atoms with Gasteiger partial charge in [0.05, 0.1) is 22.6 Å². The molecule has 0 atom stereocenters. The fraction of sp³-hybridized carbons (Fsp3) is 0.562. The van der Waals surface area contributed by atoms with Crippen LogP contribution in [-0.4, -0.2) is 38.5 Å². The summed E-state index contributed by atoms with van der Waals surface area (Å²) in [5, 5.41) is 8.90. The van der Waals surface area contributed by atoms with Crippen LogP contribution >= 0.6 is 0 Å². The molecular formula is C16H22N2O3S. The number of nitriles is 1. The second kappa shape index (κ2) is 7.23. The molecular weight excluding hydrogens is 300 g/mol. The van der Waals surface area contributed by atoms with Gasteiger partial charge in [-0.15, -0.1) is 0 Å². The third kappa shape index (κ3) is 4.07. The van der Waals surface area contributed by atoms with E-state index in [1.54, 1.807) is 12.1 Å². The van der Waals surface area contributed by atoms with Gasteiger partial charge in [-0.25, -0.2) is 8.42 Å². The first kappa shape index (κ1) is 16.9. The summed E-state index contributed by atoms with van der Waals surface area (Å²) in [5.74, 6) is 0.482. The molecule has 1 aromatic carbocycles. The van der Waals surface area contributed by atoms with Crippen LogP contribution in [0.2, 0.25) is 0 Å². The Labute approximate surface area is 132 Å². The number of benzene rings is 1. The number of rotatable bonds is 5. The molecule has 1 saturated heterocycles. The van der Waals surface area contributed by atoms with Gasteiger partial charge in [0.2, 0.25) is 10.0 Å². The Hall–Kier alpha value is -1.42. The monoisotopic (exact) mass is 322 g/mol. The van der Waals surface area contributed by atoms with E-state index in [-0.39, 0.29) is 11.0 Å². The quantitative estimate of drug-likeness (QED) is 0.834. The molecule has 0 unspecified atom stereocenters. The van der Waals surface area contributed by atoms with Gasteiger partial charge in [-0.05, 0) is 37.0 Å². The summed E-state index contributed by atoms with van der Waals surface area (Å²) < 4.78 is 32.5. The molecule has 0 N–H and O–H groups in total. The number of hydrogen-bond donors (Lipinski definition) is 0. The summed E-state index contributed by atoms with van der Waals surface area (Å²) in [6.07, 6.45) is 1.56. The standard InChI is InChI=1S/C16H22N2O3S/c1-13(2)12-21-15-6-8-18(9-7-15)22(19,20)16-5-3-4-14(10-16)11-17/h3-5,10,13,15H,6-9,12H2,1-2H3. The van der Waals surface area contributed by atoms with Crippen LogP contribution in [0, 0.1) is 17.2 Å². The SMILES string of the molecule is CC(C)COC1CCN(S(=O)(=O)c2cccc(C#N)c2)CC1. The molecule has 0 spiro atoms. The van der Waals surface area contributed by atoms with Gasteiger partial charge in [0.25, 0.3) is 0 Å². The molecule has 0 amide bonds. The molecule has 0 radical (unpaired) electrons. The number of hydrogen-bond acceptors (Lipinski definition) is 4. The lowest BCUT2D eigenvalue weighted by Crippen LogP contribution is -2.41. The maximum Gasteiger partial charge on any atom is 0.243 e. The maximum atomic E-state index is 12.6. The minimum atomic E-state index is -3.52. The van der Waals surface area contributed by atoms with E-state index in [0.29, 0.717) is 44.0 Å². The van der Waals surface area contributed by atoms with E-state index < -0.39 is 10.0 Å². The minimum Gasteiger partial charge on any atom is -0.378 e. The van der Waals surface area contributed by atoms with Gasteiger partial charge >= 0.3 is 0 Å². The van der Waals surface area contributed by atoms with Crippen LogP contribution in [0.15, 0.2) is 29.2 Å². The van der Waals surface area contributed by atoms with E-state index in [0.717, 1.165) is 0 Å². The Balaban J connectivity index is 2.02. The average molecular weight is 322 g/mol. The van der Waals surface area contributed by atoms with Crippen LogP contribution in [-0.2, 0) is 14.8 Å². The molecule has 1 aromatic rings. The van der Waals surface area contributed by atoms with Gasteiger partial charge in [0.15, 0.2) is 0 Å². The van der Waals surface area contributed by atoms with Gasteiger partial charge in [-0.2, -0.15) is 9.57 Å². The molecule has 1 fully saturated rings. The fourth-order valence-electron chi connectivity index (χ4n) is 2.44. The molecule has 22 heavy (non-hydrogen) atoms. The van der Waals surface area contributed by atoms with E-state index in [9.17, 15) is 8.42 Å². The first-order valence-electron chi connectivity index (χ1n) is 7.55. The highest BCUT2D eigenvalue weighted by molar-refractivity contribution is 7.89. The highest BCUT2D eigenvalue weighted by atomic mass is 32.2. The highest BCUT2D eigenvalue weighted by Gasteiger charge is 2.29. The van der Waals surface area contributed by atoms with Crippen molar-refractivity contribution in [3.05, 3.63) is 29.8 Å². The van der Waals surface area contributed by atoms with Gasteiger partial charge < -0.3 is 4.74 Å². The second-order valence-corrected chi connectivity index (χ2v) is 7.91. The predicted octanol–water partition coefficient (Wildman–Crippen LogP) is 2.38. The molecule has 5 nitrogen and oxygen atoms in total. The van der Waals surface area contributed by atoms with Crippen LogP contribution in [0.25, 0.3) is 0 Å². The van der Waals surface area contributed by atoms with Crippen molar-refractivity contribution in [2.24, 2.45) is 5.92 Å². The molecule has 2 rings (SSSR count). The molecule has 1 aliphatic heterocycles. The topological polar surface area (TPSA) is 70.4 Å². The summed E-state index contributed by atoms with van der Waals surface area (Å²) in [6, 6.07) is 8.14. The van der Waals surface area contributed by atoms with Crippen molar-refractivity contribution in [2.75, 3.05) is 19.7 Å². The van der Waals surface area contributed by atoms with Crippen molar-refractivity contribution in [3.63, 3.8) is 0 Å². The Bertz CT molecular complexity index is 642. The molecule has 1 aliphatic rings. The second-order valence-electron chi connectivity index (χ2n) is 5.97. The summed E-state index contributed by atoms with van der Waals surface area (Å²) >= 11 is 0. The van der Waals surface area contributed by atoms with Crippen molar-refractivity contribution in [1.82, 2.24) is 4.31 Å². The number of ether oxygens (including phenoxy) is 1. The van der Waals surface area contributed by atoms with Crippen LogP contribution in [0.1, 0.15) is 32.3 Å². The maximum absolute atomic E-state index is 12.6. The summed E-state index contributed by atoms with van der Waals surface area (Å²) in [6.45, 7) is 5.83. The average Bonchev–Trinajstić information content (AvgIpc) is 2.53. The molecule has 1 heterocycles. The van der Waals surface area contributed by atoms with Crippen LogP contribution in [0.5, 0.6) is 0 Å². The van der Waals surface area contributed by atoms with E-state index >= 15 is 0 Å². The lowest BCUT2D eigenvalue weighted by Gasteiger charge is -2.31. The molecule has 0 saturated carbocycles. The zero-order chi connectivity index (χ0) is 16.2. The highest BCUT2D eigenvalue weighted by Crippen LogP contribution is 2.23. The van der Waals surface area contributed by atoms with Crippen LogP contribution < -0.4 is 0 Å². The van der Waals surface area contributed by atoms with Crippen molar-refractivity contribution < 1.29 is 13.2 Å².